The van der Waals surface area contributed by atoms with Crippen molar-refractivity contribution in [2.24, 2.45) is 5.92 Å². The fourth-order valence-electron chi connectivity index (χ4n) is 4.11. The average Bonchev–Trinajstić information content (AvgIpc) is 2.78. The minimum absolute atomic E-state index is 0.0762. The number of carbonyl (C=O) groups excluding carboxylic acids is 2. The van der Waals surface area contributed by atoms with E-state index in [1.165, 1.54) is 0 Å². The van der Waals surface area contributed by atoms with E-state index >= 15 is 0 Å². The topological polar surface area (TPSA) is 61.4 Å². The number of hydrogen-bond acceptors (Lipinski definition) is 2. The smallest absolute Gasteiger partial charge is 0.319 e. The molecule has 160 valence electrons. The molecule has 2 N–H and O–H groups in total. The van der Waals surface area contributed by atoms with Gasteiger partial charge in [0, 0.05) is 25.3 Å². The number of carbonyl (C=O) groups is 2. The Kier molecular flexibility index (Phi) is 7.89. The van der Waals surface area contributed by atoms with Crippen LogP contribution in [0.3, 0.4) is 0 Å². The summed E-state index contributed by atoms with van der Waals surface area (Å²) in [5, 5.41) is 5.84. The first-order valence-corrected chi connectivity index (χ1v) is 11.0. The van der Waals surface area contributed by atoms with Crippen LogP contribution in [0.15, 0.2) is 54.6 Å². The Labute approximate surface area is 179 Å². The Balaban J connectivity index is 1.53. The van der Waals surface area contributed by atoms with E-state index in [0.717, 1.165) is 49.0 Å². The maximum Gasteiger partial charge on any atom is 0.319 e. The van der Waals surface area contributed by atoms with E-state index in [1.54, 1.807) is 0 Å². The molecule has 5 heteroatoms. The lowest BCUT2D eigenvalue weighted by Crippen LogP contribution is -2.45. The predicted octanol–water partition coefficient (Wildman–Crippen LogP) is 4.94. The third-order valence-electron chi connectivity index (χ3n) is 5.77. The van der Waals surface area contributed by atoms with Crippen molar-refractivity contribution in [2.45, 2.75) is 45.4 Å². The molecule has 0 bridgehead atoms. The first-order valence-electron chi connectivity index (χ1n) is 11.0. The van der Waals surface area contributed by atoms with Crippen LogP contribution in [0.1, 0.15) is 49.7 Å². The Bertz CT molecular complexity index is 820. The van der Waals surface area contributed by atoms with Gasteiger partial charge in [-0.3, -0.25) is 4.79 Å². The van der Waals surface area contributed by atoms with Gasteiger partial charge < -0.3 is 15.5 Å². The molecule has 1 aliphatic heterocycles. The average molecular weight is 408 g/mol. The molecule has 0 saturated carbocycles. The number of amides is 3. The zero-order valence-corrected chi connectivity index (χ0v) is 18.1. The van der Waals surface area contributed by atoms with Gasteiger partial charge in [-0.05, 0) is 49.8 Å². The Morgan fingerprint density at radius 1 is 1.10 bits per heavy atom. The predicted molar refractivity (Wildman–Crippen MR) is 122 cm³/mol. The van der Waals surface area contributed by atoms with E-state index in [-0.39, 0.29) is 23.8 Å². The molecule has 0 radical (unpaired) electrons. The van der Waals surface area contributed by atoms with Crippen molar-refractivity contribution in [1.82, 2.24) is 10.2 Å². The highest BCUT2D eigenvalue weighted by Gasteiger charge is 2.29. The summed E-state index contributed by atoms with van der Waals surface area (Å²) >= 11 is 0. The summed E-state index contributed by atoms with van der Waals surface area (Å²) in [6, 6.07) is 17.6. The van der Waals surface area contributed by atoms with E-state index in [4.69, 9.17) is 0 Å². The third-order valence-corrected chi connectivity index (χ3v) is 5.77. The Morgan fingerprint density at radius 2 is 1.83 bits per heavy atom. The molecule has 1 fully saturated rings. The molecule has 2 unspecified atom stereocenters. The fraction of sp³-hybridized carbons (Fsp3) is 0.440. The molecular weight excluding hydrogens is 374 g/mol. The van der Waals surface area contributed by atoms with Gasteiger partial charge in [-0.1, -0.05) is 61.4 Å². The molecule has 3 amide bonds. The zero-order valence-electron chi connectivity index (χ0n) is 18.1. The first kappa shape index (κ1) is 21.9. The van der Waals surface area contributed by atoms with Crippen LogP contribution in [0.5, 0.6) is 0 Å². The van der Waals surface area contributed by atoms with Crippen LogP contribution in [-0.2, 0) is 4.79 Å². The molecule has 1 saturated heterocycles. The van der Waals surface area contributed by atoms with Crippen LogP contribution in [0, 0.1) is 12.8 Å². The van der Waals surface area contributed by atoms with Crippen LogP contribution in [0.2, 0.25) is 0 Å². The normalized spacial score (nSPS) is 17.3. The summed E-state index contributed by atoms with van der Waals surface area (Å²) in [4.78, 5) is 27.5. The largest absolute Gasteiger partial charge is 0.342 e. The SMILES string of the molecule is CCCC(C(=O)N1CCCC(CNC(=O)Nc2ccc(C)cc2)C1)c1ccccc1. The van der Waals surface area contributed by atoms with Gasteiger partial charge in [0.05, 0.1) is 5.92 Å². The minimum atomic E-state index is -0.199. The number of likely N-dealkylation sites (tertiary alicyclic amines) is 1. The summed E-state index contributed by atoms with van der Waals surface area (Å²) < 4.78 is 0. The maximum atomic E-state index is 13.3. The number of rotatable bonds is 7. The minimum Gasteiger partial charge on any atom is -0.342 e. The monoisotopic (exact) mass is 407 g/mol. The van der Waals surface area contributed by atoms with Crippen molar-refractivity contribution in [2.75, 3.05) is 25.0 Å². The van der Waals surface area contributed by atoms with Gasteiger partial charge in [-0.2, -0.15) is 0 Å². The molecule has 0 spiro atoms. The highest BCUT2D eigenvalue weighted by molar-refractivity contribution is 5.89. The highest BCUT2D eigenvalue weighted by atomic mass is 16.2. The van der Waals surface area contributed by atoms with Crippen LogP contribution in [-0.4, -0.2) is 36.5 Å². The van der Waals surface area contributed by atoms with Gasteiger partial charge in [-0.15, -0.1) is 0 Å². The van der Waals surface area contributed by atoms with Crippen molar-refractivity contribution < 1.29 is 9.59 Å². The second kappa shape index (κ2) is 10.8. The van der Waals surface area contributed by atoms with Crippen molar-refractivity contribution >= 4 is 17.6 Å². The van der Waals surface area contributed by atoms with Crippen molar-refractivity contribution in [3.8, 4) is 0 Å². The van der Waals surface area contributed by atoms with Crippen molar-refractivity contribution in [3.63, 3.8) is 0 Å². The second-order valence-corrected chi connectivity index (χ2v) is 8.25. The molecule has 2 atom stereocenters. The number of benzene rings is 2. The van der Waals surface area contributed by atoms with E-state index < -0.39 is 0 Å². The third kappa shape index (κ3) is 6.09. The van der Waals surface area contributed by atoms with Gasteiger partial charge in [0.2, 0.25) is 5.91 Å². The maximum absolute atomic E-state index is 13.3. The van der Waals surface area contributed by atoms with E-state index in [2.05, 4.69) is 29.7 Å². The van der Waals surface area contributed by atoms with Gasteiger partial charge >= 0.3 is 6.03 Å². The van der Waals surface area contributed by atoms with Crippen LogP contribution < -0.4 is 10.6 Å². The molecule has 2 aromatic rings. The summed E-state index contributed by atoms with van der Waals surface area (Å²) in [7, 11) is 0. The molecule has 5 nitrogen and oxygen atoms in total. The van der Waals surface area contributed by atoms with Gasteiger partial charge in [0.15, 0.2) is 0 Å². The van der Waals surface area contributed by atoms with Crippen molar-refractivity contribution in [1.29, 1.82) is 0 Å². The summed E-state index contributed by atoms with van der Waals surface area (Å²) in [5.41, 5.74) is 3.04. The van der Waals surface area contributed by atoms with E-state index in [9.17, 15) is 9.59 Å². The number of hydrogen-bond donors (Lipinski definition) is 2. The van der Waals surface area contributed by atoms with Gasteiger partial charge in [-0.25, -0.2) is 4.79 Å². The molecule has 1 aliphatic rings. The quantitative estimate of drug-likeness (QED) is 0.683. The number of nitrogens with zero attached hydrogens (tertiary/aromatic N) is 1. The summed E-state index contributed by atoms with van der Waals surface area (Å²) in [6.45, 7) is 6.22. The lowest BCUT2D eigenvalue weighted by atomic mass is 9.91. The molecule has 0 aromatic heterocycles. The standard InChI is InChI=1S/C25H33N3O2/c1-3-8-23(21-10-5-4-6-11-21)24(29)28-16-7-9-20(18-28)17-26-25(30)27-22-14-12-19(2)13-15-22/h4-6,10-15,20,23H,3,7-9,16-18H2,1-2H3,(H2,26,27,30). The molecule has 30 heavy (non-hydrogen) atoms. The van der Waals surface area contributed by atoms with Crippen LogP contribution in [0.4, 0.5) is 10.5 Å². The number of aryl methyl sites for hydroxylation is 1. The van der Waals surface area contributed by atoms with Crippen LogP contribution >= 0.6 is 0 Å². The number of piperidine rings is 1. The molecule has 1 heterocycles. The molecule has 3 rings (SSSR count). The Morgan fingerprint density at radius 3 is 2.53 bits per heavy atom. The van der Waals surface area contributed by atoms with E-state index in [1.807, 2.05) is 54.3 Å². The summed E-state index contributed by atoms with van der Waals surface area (Å²) in [5.74, 6) is 0.425. The van der Waals surface area contributed by atoms with E-state index in [0.29, 0.717) is 13.1 Å². The fourth-order valence-corrected chi connectivity index (χ4v) is 4.11. The van der Waals surface area contributed by atoms with Gasteiger partial charge in [0.1, 0.15) is 0 Å². The first-order chi connectivity index (χ1) is 14.6. The zero-order chi connectivity index (χ0) is 21.3. The number of anilines is 1. The Hall–Kier alpha value is -2.82. The molecule has 2 aromatic carbocycles. The summed E-state index contributed by atoms with van der Waals surface area (Å²) in [6.07, 6.45) is 3.84. The number of urea groups is 1. The highest BCUT2D eigenvalue weighted by Crippen LogP contribution is 2.26. The number of nitrogens with one attached hydrogen (secondary N) is 2. The molecular formula is C25H33N3O2. The van der Waals surface area contributed by atoms with Gasteiger partial charge in [0.25, 0.3) is 0 Å². The lowest BCUT2D eigenvalue weighted by molar-refractivity contribution is -0.134. The molecule has 0 aliphatic carbocycles. The van der Waals surface area contributed by atoms with Crippen molar-refractivity contribution in [3.05, 3.63) is 65.7 Å². The van der Waals surface area contributed by atoms with Crippen LogP contribution in [0.25, 0.3) is 0 Å². The second-order valence-electron chi connectivity index (χ2n) is 8.25. The lowest BCUT2D eigenvalue weighted by Gasteiger charge is -2.35.